The van der Waals surface area contributed by atoms with Crippen LogP contribution in [0.25, 0.3) is 0 Å². The van der Waals surface area contributed by atoms with Crippen molar-refractivity contribution in [2.45, 2.75) is 20.3 Å². The number of carbonyl (C=O) groups is 1. The van der Waals surface area contributed by atoms with E-state index < -0.39 is 0 Å². The quantitative estimate of drug-likeness (QED) is 0.575. The second kappa shape index (κ2) is 6.14. The zero-order chi connectivity index (χ0) is 11.2. The first kappa shape index (κ1) is 13.6. The fourth-order valence-corrected chi connectivity index (χ4v) is 1.47. The molecule has 0 rings (SSSR count). The Hall–Kier alpha value is -0.410. The third-order valence-electron chi connectivity index (χ3n) is 2.14. The van der Waals surface area contributed by atoms with Crippen molar-refractivity contribution in [2.24, 2.45) is 5.41 Å². The average Bonchev–Trinajstić information content (AvgIpc) is 2.02. The molecule has 0 aromatic heterocycles. The molecule has 84 valence electrons. The van der Waals surface area contributed by atoms with Crippen LogP contribution >= 0.6 is 0 Å². The van der Waals surface area contributed by atoms with E-state index in [9.17, 15) is 4.79 Å². The molecule has 0 aliphatic heterocycles. The first-order valence-electron chi connectivity index (χ1n) is 5.17. The zero-order valence-electron chi connectivity index (χ0n) is 10.2. The third kappa shape index (κ3) is 7.04. The molecule has 0 heterocycles. The molecule has 14 heavy (non-hydrogen) atoms. The van der Waals surface area contributed by atoms with E-state index in [4.69, 9.17) is 0 Å². The molecule has 0 radical (unpaired) electrons. The van der Waals surface area contributed by atoms with E-state index in [-0.39, 0.29) is 5.41 Å². The highest BCUT2D eigenvalue weighted by atomic mass is 16.1. The molecular weight excluding hydrogens is 176 g/mol. The van der Waals surface area contributed by atoms with Crippen LogP contribution in [0, 0.1) is 5.41 Å². The van der Waals surface area contributed by atoms with Crippen LogP contribution in [-0.2, 0) is 4.79 Å². The lowest BCUT2D eigenvalue weighted by molar-refractivity contribution is -0.115. The maximum absolute atomic E-state index is 10.7. The predicted molar refractivity (Wildman–Crippen MR) is 60.5 cm³/mol. The Kier molecular flexibility index (Phi) is 5.96. The van der Waals surface area contributed by atoms with Gasteiger partial charge in [-0.2, -0.15) is 0 Å². The normalized spacial score (nSPS) is 12.5. The lowest BCUT2D eigenvalue weighted by Gasteiger charge is -2.25. The Morgan fingerprint density at radius 2 is 1.71 bits per heavy atom. The van der Waals surface area contributed by atoms with Crippen molar-refractivity contribution in [1.82, 2.24) is 9.80 Å². The summed E-state index contributed by atoms with van der Waals surface area (Å²) < 4.78 is 0. The Balaban J connectivity index is 3.65. The van der Waals surface area contributed by atoms with Gasteiger partial charge < -0.3 is 14.6 Å². The molecule has 0 aliphatic carbocycles. The Morgan fingerprint density at radius 1 is 1.14 bits per heavy atom. The monoisotopic (exact) mass is 200 g/mol. The van der Waals surface area contributed by atoms with Crippen LogP contribution in [-0.4, -0.2) is 56.9 Å². The zero-order valence-corrected chi connectivity index (χ0v) is 10.2. The summed E-state index contributed by atoms with van der Waals surface area (Å²) in [5.74, 6) is 0. The van der Waals surface area contributed by atoms with Gasteiger partial charge in [-0.25, -0.2) is 0 Å². The van der Waals surface area contributed by atoms with E-state index in [1.54, 1.807) is 0 Å². The van der Waals surface area contributed by atoms with Crippen molar-refractivity contribution in [3.8, 4) is 0 Å². The van der Waals surface area contributed by atoms with E-state index in [1.165, 1.54) is 0 Å². The van der Waals surface area contributed by atoms with Gasteiger partial charge in [0.05, 0.1) is 0 Å². The molecule has 0 saturated heterocycles. The maximum atomic E-state index is 10.7. The second-order valence-electron chi connectivity index (χ2n) is 5.00. The molecule has 0 aromatic rings. The van der Waals surface area contributed by atoms with Crippen LogP contribution in [0.15, 0.2) is 0 Å². The minimum Gasteiger partial charge on any atom is -0.309 e. The molecule has 0 unspecified atom stereocenters. The molecule has 3 heteroatoms. The van der Waals surface area contributed by atoms with Gasteiger partial charge in [0, 0.05) is 12.0 Å². The van der Waals surface area contributed by atoms with Crippen LogP contribution in [0.3, 0.4) is 0 Å². The van der Waals surface area contributed by atoms with Crippen LogP contribution in [0.5, 0.6) is 0 Å². The van der Waals surface area contributed by atoms with Crippen molar-refractivity contribution in [3.63, 3.8) is 0 Å². The van der Waals surface area contributed by atoms with E-state index in [0.717, 1.165) is 32.3 Å². The standard InChI is InChI=1S/C11H24N2O/c1-11(2,10-14)9-13(5)8-6-7-12(3)4/h10H,6-9H2,1-5H3. The maximum Gasteiger partial charge on any atom is 0.126 e. The predicted octanol–water partition coefficient (Wildman–Crippen LogP) is 1.09. The summed E-state index contributed by atoms with van der Waals surface area (Å²) in [6.45, 7) is 6.94. The van der Waals surface area contributed by atoms with Gasteiger partial charge in [0.25, 0.3) is 0 Å². The highest BCUT2D eigenvalue weighted by Gasteiger charge is 2.18. The average molecular weight is 200 g/mol. The van der Waals surface area contributed by atoms with Gasteiger partial charge in [-0.15, -0.1) is 0 Å². The van der Waals surface area contributed by atoms with E-state index in [0.29, 0.717) is 0 Å². The molecule has 0 amide bonds. The van der Waals surface area contributed by atoms with Crippen LogP contribution in [0.4, 0.5) is 0 Å². The van der Waals surface area contributed by atoms with Gasteiger partial charge in [0.2, 0.25) is 0 Å². The topological polar surface area (TPSA) is 23.6 Å². The summed E-state index contributed by atoms with van der Waals surface area (Å²) in [5.41, 5.74) is -0.215. The van der Waals surface area contributed by atoms with Crippen molar-refractivity contribution in [1.29, 1.82) is 0 Å². The number of hydrogen-bond acceptors (Lipinski definition) is 3. The van der Waals surface area contributed by atoms with Crippen LogP contribution in [0.2, 0.25) is 0 Å². The second-order valence-corrected chi connectivity index (χ2v) is 5.00. The Labute approximate surface area is 88.1 Å². The number of hydrogen-bond donors (Lipinski definition) is 0. The fourth-order valence-electron chi connectivity index (χ4n) is 1.47. The summed E-state index contributed by atoms with van der Waals surface area (Å²) >= 11 is 0. The van der Waals surface area contributed by atoms with Crippen molar-refractivity contribution < 1.29 is 4.79 Å². The van der Waals surface area contributed by atoms with Crippen molar-refractivity contribution >= 4 is 6.29 Å². The molecule has 0 saturated carbocycles. The Bertz CT molecular complexity index is 167. The van der Waals surface area contributed by atoms with Gasteiger partial charge in [0.1, 0.15) is 6.29 Å². The molecule has 0 spiro atoms. The summed E-state index contributed by atoms with van der Waals surface area (Å²) in [6, 6.07) is 0. The smallest absolute Gasteiger partial charge is 0.126 e. The van der Waals surface area contributed by atoms with Gasteiger partial charge in [0.15, 0.2) is 0 Å². The third-order valence-corrected chi connectivity index (χ3v) is 2.14. The molecular formula is C11H24N2O. The summed E-state index contributed by atoms with van der Waals surface area (Å²) in [6.07, 6.45) is 2.19. The first-order valence-corrected chi connectivity index (χ1v) is 5.17. The van der Waals surface area contributed by atoms with Gasteiger partial charge in [-0.1, -0.05) is 13.8 Å². The highest BCUT2D eigenvalue weighted by Crippen LogP contribution is 2.12. The summed E-state index contributed by atoms with van der Waals surface area (Å²) in [5, 5.41) is 0. The summed E-state index contributed by atoms with van der Waals surface area (Å²) in [7, 11) is 6.23. The van der Waals surface area contributed by atoms with Crippen LogP contribution < -0.4 is 0 Å². The number of carbonyl (C=O) groups excluding carboxylic acids is 1. The molecule has 0 aliphatic rings. The van der Waals surface area contributed by atoms with E-state index >= 15 is 0 Å². The van der Waals surface area contributed by atoms with Gasteiger partial charge >= 0.3 is 0 Å². The number of aldehydes is 1. The van der Waals surface area contributed by atoms with E-state index in [1.807, 2.05) is 13.8 Å². The van der Waals surface area contributed by atoms with Crippen molar-refractivity contribution in [2.75, 3.05) is 40.8 Å². The van der Waals surface area contributed by atoms with E-state index in [2.05, 4.69) is 30.9 Å². The minimum absolute atomic E-state index is 0.215. The molecule has 0 bridgehead atoms. The SMILES string of the molecule is CN(C)CCCN(C)CC(C)(C)C=O. The number of nitrogens with zero attached hydrogens (tertiary/aromatic N) is 2. The molecule has 3 nitrogen and oxygen atoms in total. The highest BCUT2D eigenvalue weighted by molar-refractivity contribution is 5.58. The molecule has 0 fully saturated rings. The van der Waals surface area contributed by atoms with Gasteiger partial charge in [-0.3, -0.25) is 0 Å². The fraction of sp³-hybridized carbons (Fsp3) is 0.909. The molecule has 0 aromatic carbocycles. The van der Waals surface area contributed by atoms with Crippen LogP contribution in [0.1, 0.15) is 20.3 Å². The largest absolute Gasteiger partial charge is 0.309 e. The number of rotatable bonds is 7. The lowest BCUT2D eigenvalue weighted by Crippen LogP contribution is -2.34. The van der Waals surface area contributed by atoms with Crippen molar-refractivity contribution in [3.05, 3.63) is 0 Å². The first-order chi connectivity index (χ1) is 6.37. The minimum atomic E-state index is -0.215. The molecule has 0 atom stereocenters. The summed E-state index contributed by atoms with van der Waals surface area (Å²) in [4.78, 5) is 15.1. The van der Waals surface area contributed by atoms with Gasteiger partial charge in [-0.05, 0) is 40.7 Å². The Morgan fingerprint density at radius 3 is 2.14 bits per heavy atom. The lowest BCUT2D eigenvalue weighted by atomic mass is 9.95. The molecule has 0 N–H and O–H groups in total.